The number of pyridine rings is 1. The number of hydrogen-bond acceptors (Lipinski definition) is 8. The number of nitro groups is 1. The Bertz CT molecular complexity index is 1110. The summed E-state index contributed by atoms with van der Waals surface area (Å²) in [5.74, 6) is 0.576. The minimum Gasteiger partial charge on any atom is -0.481 e. The number of aromatic nitrogens is 1. The normalized spacial score (nSPS) is 23.6. The molecule has 0 N–H and O–H groups in total. The number of benzene rings is 1. The van der Waals surface area contributed by atoms with Crippen LogP contribution in [0.3, 0.4) is 0 Å². The number of rotatable bonds is 6. The van der Waals surface area contributed by atoms with Gasteiger partial charge in [-0.05, 0) is 32.3 Å². The van der Waals surface area contributed by atoms with Crippen molar-refractivity contribution >= 4 is 17.6 Å². The van der Waals surface area contributed by atoms with Crippen LogP contribution in [0.15, 0.2) is 42.5 Å². The first-order valence-electron chi connectivity index (χ1n) is 12.5. The lowest BCUT2D eigenvalue weighted by Crippen LogP contribution is -2.64. The van der Waals surface area contributed by atoms with Gasteiger partial charge in [-0.2, -0.15) is 4.98 Å². The van der Waals surface area contributed by atoms with Crippen molar-refractivity contribution in [1.82, 2.24) is 14.8 Å². The van der Waals surface area contributed by atoms with Crippen LogP contribution < -0.4 is 9.64 Å². The Morgan fingerprint density at radius 3 is 2.50 bits per heavy atom. The van der Waals surface area contributed by atoms with Crippen LogP contribution >= 0.6 is 0 Å². The SMILES string of the molecule is COc1ccc([N+](=O)[O-])c(N2C[C@@H](C)N(C(=O)OC3CC4(C3)CN(Cc3ccccc3)C4)C[C@@H]2C)n1. The number of carbonyl (C=O) groups is 1. The van der Waals surface area contributed by atoms with E-state index in [1.807, 2.05) is 24.8 Å². The summed E-state index contributed by atoms with van der Waals surface area (Å²) < 4.78 is 11.1. The van der Waals surface area contributed by atoms with E-state index in [4.69, 9.17) is 9.47 Å². The van der Waals surface area contributed by atoms with Gasteiger partial charge in [0, 0.05) is 62.4 Å². The van der Waals surface area contributed by atoms with Gasteiger partial charge in [-0.25, -0.2) is 4.79 Å². The molecule has 1 aromatic carbocycles. The molecule has 0 bridgehead atoms. The van der Waals surface area contributed by atoms with Crippen LogP contribution in [0.4, 0.5) is 16.3 Å². The molecular formula is C26H33N5O5. The van der Waals surface area contributed by atoms with E-state index in [0.717, 1.165) is 32.5 Å². The number of ether oxygens (including phenoxy) is 2. The van der Waals surface area contributed by atoms with Crippen LogP contribution in [0.1, 0.15) is 32.3 Å². The first kappa shape index (κ1) is 24.3. The molecule has 1 aliphatic carbocycles. The summed E-state index contributed by atoms with van der Waals surface area (Å²) in [6.45, 7) is 7.75. The Labute approximate surface area is 210 Å². The zero-order valence-electron chi connectivity index (χ0n) is 21.0. The lowest BCUT2D eigenvalue weighted by atomic mass is 9.61. The summed E-state index contributed by atoms with van der Waals surface area (Å²) in [5, 5.41) is 11.6. The van der Waals surface area contributed by atoms with Gasteiger partial charge >= 0.3 is 11.8 Å². The third-order valence-electron chi connectivity index (χ3n) is 7.68. The van der Waals surface area contributed by atoms with Crippen molar-refractivity contribution in [2.75, 3.05) is 38.2 Å². The summed E-state index contributed by atoms with van der Waals surface area (Å²) in [5.41, 5.74) is 1.53. The minimum absolute atomic E-state index is 0.0435. The predicted octanol–water partition coefficient (Wildman–Crippen LogP) is 3.70. The molecule has 10 nitrogen and oxygen atoms in total. The van der Waals surface area contributed by atoms with E-state index in [2.05, 4.69) is 34.1 Å². The van der Waals surface area contributed by atoms with E-state index < -0.39 is 4.92 Å². The largest absolute Gasteiger partial charge is 0.481 e. The van der Waals surface area contributed by atoms with Crippen molar-refractivity contribution in [3.63, 3.8) is 0 Å². The summed E-state index contributed by atoms with van der Waals surface area (Å²) in [4.78, 5) is 34.6. The Hall–Kier alpha value is -3.40. The Morgan fingerprint density at radius 1 is 1.11 bits per heavy atom. The van der Waals surface area contributed by atoms with E-state index in [-0.39, 0.29) is 41.2 Å². The van der Waals surface area contributed by atoms with Crippen LogP contribution in [0.2, 0.25) is 0 Å². The number of nitrogens with zero attached hydrogens (tertiary/aromatic N) is 5. The molecule has 3 heterocycles. The van der Waals surface area contributed by atoms with E-state index >= 15 is 0 Å². The highest BCUT2D eigenvalue weighted by molar-refractivity contribution is 5.70. The van der Waals surface area contributed by atoms with E-state index in [1.165, 1.54) is 24.8 Å². The molecule has 0 unspecified atom stereocenters. The first-order chi connectivity index (χ1) is 17.3. The fourth-order valence-electron chi connectivity index (χ4n) is 5.88. The van der Waals surface area contributed by atoms with Crippen LogP contribution in [0, 0.1) is 15.5 Å². The molecule has 1 amide bonds. The fourth-order valence-corrected chi connectivity index (χ4v) is 5.88. The summed E-state index contributed by atoms with van der Waals surface area (Å²) >= 11 is 0. The second-order valence-corrected chi connectivity index (χ2v) is 10.5. The average Bonchev–Trinajstić information content (AvgIpc) is 2.82. The molecule has 2 atom stereocenters. The predicted molar refractivity (Wildman–Crippen MR) is 134 cm³/mol. The zero-order chi connectivity index (χ0) is 25.4. The molecule has 36 heavy (non-hydrogen) atoms. The third kappa shape index (κ3) is 4.69. The molecule has 3 aliphatic rings. The number of likely N-dealkylation sites (tertiary alicyclic amines) is 1. The molecule has 2 aliphatic heterocycles. The number of anilines is 1. The molecule has 1 spiro atoms. The average molecular weight is 496 g/mol. The van der Waals surface area contributed by atoms with Gasteiger partial charge in [0.1, 0.15) is 6.10 Å². The number of carbonyl (C=O) groups excluding carboxylic acids is 1. The molecule has 1 saturated carbocycles. The van der Waals surface area contributed by atoms with Gasteiger partial charge in [0.25, 0.3) is 0 Å². The summed E-state index contributed by atoms with van der Waals surface area (Å²) in [7, 11) is 1.48. The zero-order valence-corrected chi connectivity index (χ0v) is 21.0. The molecule has 2 saturated heterocycles. The molecule has 2 aromatic rings. The summed E-state index contributed by atoms with van der Waals surface area (Å²) in [6, 6.07) is 13.0. The minimum atomic E-state index is -0.437. The Morgan fingerprint density at radius 2 is 1.83 bits per heavy atom. The van der Waals surface area contributed by atoms with Gasteiger partial charge in [-0.15, -0.1) is 0 Å². The monoisotopic (exact) mass is 495 g/mol. The van der Waals surface area contributed by atoms with E-state index in [1.54, 1.807) is 4.90 Å². The highest BCUT2D eigenvalue weighted by Crippen LogP contribution is 2.50. The highest BCUT2D eigenvalue weighted by Gasteiger charge is 2.54. The summed E-state index contributed by atoms with van der Waals surface area (Å²) in [6.07, 6.45) is 1.47. The molecular weight excluding hydrogens is 462 g/mol. The van der Waals surface area contributed by atoms with Crippen molar-refractivity contribution < 1.29 is 19.2 Å². The van der Waals surface area contributed by atoms with Gasteiger partial charge in [0.15, 0.2) is 0 Å². The van der Waals surface area contributed by atoms with Crippen LogP contribution in [0.5, 0.6) is 5.88 Å². The number of piperazine rings is 1. The van der Waals surface area contributed by atoms with Crippen molar-refractivity contribution in [3.05, 3.63) is 58.1 Å². The maximum Gasteiger partial charge on any atom is 0.410 e. The maximum absolute atomic E-state index is 13.0. The maximum atomic E-state index is 13.0. The molecule has 1 aromatic heterocycles. The Kier molecular flexibility index (Phi) is 6.46. The van der Waals surface area contributed by atoms with Gasteiger partial charge in [0.2, 0.25) is 11.7 Å². The van der Waals surface area contributed by atoms with Crippen LogP contribution in [-0.2, 0) is 11.3 Å². The lowest BCUT2D eigenvalue weighted by Gasteiger charge is -2.58. The lowest BCUT2D eigenvalue weighted by molar-refractivity contribution is -0.384. The number of methoxy groups -OCH3 is 1. The van der Waals surface area contributed by atoms with Gasteiger partial charge in [0.05, 0.1) is 12.0 Å². The second-order valence-electron chi connectivity index (χ2n) is 10.5. The van der Waals surface area contributed by atoms with Crippen molar-refractivity contribution in [2.45, 2.75) is 51.4 Å². The van der Waals surface area contributed by atoms with E-state index in [9.17, 15) is 14.9 Å². The number of hydrogen-bond donors (Lipinski definition) is 0. The molecule has 10 heteroatoms. The van der Waals surface area contributed by atoms with Crippen LogP contribution in [0.25, 0.3) is 0 Å². The Balaban J connectivity index is 1.14. The topological polar surface area (TPSA) is 101 Å². The fraction of sp³-hybridized carbons (Fsp3) is 0.538. The van der Waals surface area contributed by atoms with Crippen LogP contribution in [-0.4, -0.2) is 77.3 Å². The molecule has 0 radical (unpaired) electrons. The van der Waals surface area contributed by atoms with Gasteiger partial charge in [-0.3, -0.25) is 15.0 Å². The van der Waals surface area contributed by atoms with Crippen molar-refractivity contribution in [3.8, 4) is 5.88 Å². The van der Waals surface area contributed by atoms with E-state index in [0.29, 0.717) is 19.0 Å². The van der Waals surface area contributed by atoms with Gasteiger partial charge < -0.3 is 19.3 Å². The third-order valence-corrected chi connectivity index (χ3v) is 7.68. The second kappa shape index (κ2) is 9.57. The number of amides is 1. The molecule has 3 fully saturated rings. The highest BCUT2D eigenvalue weighted by atomic mass is 16.6. The smallest absolute Gasteiger partial charge is 0.410 e. The standard InChI is InChI=1S/C26H33N5O5/c1-18-14-30(19(2)13-29(18)24-22(31(33)34)9-10-23(27-24)35-3)25(32)36-21-11-26(12-21)16-28(17-26)15-20-7-5-4-6-8-20/h4-10,18-19,21H,11-17H2,1-3H3/t18-,19+/m0/s1. The van der Waals surface area contributed by atoms with Crippen molar-refractivity contribution in [1.29, 1.82) is 0 Å². The molecule has 5 rings (SSSR count). The van der Waals surface area contributed by atoms with Crippen molar-refractivity contribution in [2.24, 2.45) is 5.41 Å². The first-order valence-corrected chi connectivity index (χ1v) is 12.5. The quantitative estimate of drug-likeness (QED) is 0.442. The molecule has 192 valence electrons. The van der Waals surface area contributed by atoms with Gasteiger partial charge in [-0.1, -0.05) is 30.3 Å².